The van der Waals surface area contributed by atoms with Gasteiger partial charge in [0.1, 0.15) is 0 Å². The summed E-state index contributed by atoms with van der Waals surface area (Å²) < 4.78 is 0. The summed E-state index contributed by atoms with van der Waals surface area (Å²) in [6, 6.07) is 0.280. The van der Waals surface area contributed by atoms with Crippen molar-refractivity contribution in [3.05, 3.63) is 12.2 Å². The van der Waals surface area contributed by atoms with Crippen LogP contribution in [0.15, 0.2) is 12.2 Å². The quantitative estimate of drug-likeness (QED) is 0.735. The highest BCUT2D eigenvalue weighted by Crippen LogP contribution is 2.65. The van der Waals surface area contributed by atoms with E-state index in [9.17, 15) is 9.59 Å². The van der Waals surface area contributed by atoms with Gasteiger partial charge in [0.25, 0.3) is 0 Å². The van der Waals surface area contributed by atoms with Crippen LogP contribution in [0.4, 0.5) is 0 Å². The van der Waals surface area contributed by atoms with Gasteiger partial charge in [-0.25, -0.2) is 0 Å². The molecule has 7 atom stereocenters. The number of rotatable bonds is 1. The molecule has 0 radical (unpaired) electrons. The Balaban J connectivity index is 1.58. The van der Waals surface area contributed by atoms with Gasteiger partial charge < -0.3 is 10.6 Å². The Bertz CT molecular complexity index is 678. The van der Waals surface area contributed by atoms with Crippen molar-refractivity contribution in [2.45, 2.75) is 84.7 Å². The maximum atomic E-state index is 13.0. The Labute approximate surface area is 163 Å². The standard InChI is InChI=1S/C23H36N2O2/c1-21(2,3)25-20(27)17-8-7-15-14-6-9-18-23(5,13-11-19(26)24-18)16(14)10-12-22(15,17)4/h11,13-18H,6-10,12H2,1-5H3,(H,24,26)(H,25,27)/t14-,15+,16+,17-,18-,22-,23-/m1/s1. The monoisotopic (exact) mass is 372 g/mol. The highest BCUT2D eigenvalue weighted by atomic mass is 16.2. The number of amides is 2. The third kappa shape index (κ3) is 2.94. The van der Waals surface area contributed by atoms with E-state index in [0.717, 1.165) is 19.3 Å². The molecule has 3 fully saturated rings. The maximum Gasteiger partial charge on any atom is 0.243 e. The molecule has 0 bridgehead atoms. The normalized spacial score (nSPS) is 46.1. The minimum atomic E-state index is -0.167. The zero-order valence-electron chi connectivity index (χ0n) is 17.6. The molecule has 0 unspecified atom stereocenters. The van der Waals surface area contributed by atoms with E-state index in [2.05, 4.69) is 51.3 Å². The van der Waals surface area contributed by atoms with Crippen LogP contribution >= 0.6 is 0 Å². The molecule has 0 spiro atoms. The lowest BCUT2D eigenvalue weighted by molar-refractivity contribution is -0.135. The van der Waals surface area contributed by atoms with Crippen LogP contribution in [0.2, 0.25) is 0 Å². The number of carbonyl (C=O) groups excluding carboxylic acids is 2. The summed E-state index contributed by atoms with van der Waals surface area (Å²) in [5.74, 6) is 2.41. The van der Waals surface area contributed by atoms with Gasteiger partial charge in [-0.1, -0.05) is 19.9 Å². The fourth-order valence-corrected chi connectivity index (χ4v) is 7.22. The number of hydrogen-bond donors (Lipinski definition) is 2. The second-order valence-electron chi connectivity index (χ2n) is 11.1. The molecule has 4 rings (SSSR count). The van der Waals surface area contributed by atoms with E-state index in [-0.39, 0.29) is 40.1 Å². The first kappa shape index (κ1) is 19.0. The molecule has 2 amide bonds. The molecule has 3 saturated carbocycles. The Kier molecular flexibility index (Phi) is 4.29. The molecule has 4 aliphatic rings. The zero-order chi connectivity index (χ0) is 19.6. The van der Waals surface area contributed by atoms with Gasteiger partial charge in [-0.2, -0.15) is 0 Å². The Morgan fingerprint density at radius 2 is 1.85 bits per heavy atom. The lowest BCUT2D eigenvalue weighted by Crippen LogP contribution is -2.59. The second-order valence-corrected chi connectivity index (χ2v) is 11.1. The predicted molar refractivity (Wildman–Crippen MR) is 107 cm³/mol. The van der Waals surface area contributed by atoms with Crippen LogP contribution in [0.1, 0.15) is 73.1 Å². The molecule has 4 heteroatoms. The van der Waals surface area contributed by atoms with Gasteiger partial charge in [-0.15, -0.1) is 0 Å². The molecule has 3 aliphatic carbocycles. The lowest BCUT2D eigenvalue weighted by Gasteiger charge is -2.58. The van der Waals surface area contributed by atoms with Gasteiger partial charge >= 0.3 is 0 Å². The zero-order valence-corrected chi connectivity index (χ0v) is 17.6. The summed E-state index contributed by atoms with van der Waals surface area (Å²) in [6.45, 7) is 11.0. The summed E-state index contributed by atoms with van der Waals surface area (Å²) >= 11 is 0. The van der Waals surface area contributed by atoms with E-state index in [1.54, 1.807) is 6.08 Å². The van der Waals surface area contributed by atoms with Crippen LogP contribution < -0.4 is 10.6 Å². The number of fused-ring (bicyclic) bond motifs is 5. The molecule has 0 saturated heterocycles. The largest absolute Gasteiger partial charge is 0.351 e. The van der Waals surface area contributed by atoms with Gasteiger partial charge in [-0.05, 0) is 88.5 Å². The van der Waals surface area contributed by atoms with Crippen molar-refractivity contribution in [3.63, 3.8) is 0 Å². The van der Waals surface area contributed by atoms with Crippen molar-refractivity contribution in [2.75, 3.05) is 0 Å². The first-order valence-electron chi connectivity index (χ1n) is 10.9. The first-order chi connectivity index (χ1) is 12.5. The highest BCUT2D eigenvalue weighted by molar-refractivity contribution is 5.89. The molecular formula is C23H36N2O2. The molecule has 0 aromatic carbocycles. The van der Waals surface area contributed by atoms with E-state index in [0.29, 0.717) is 17.8 Å². The Morgan fingerprint density at radius 1 is 1.11 bits per heavy atom. The van der Waals surface area contributed by atoms with Crippen molar-refractivity contribution < 1.29 is 9.59 Å². The summed E-state index contributed by atoms with van der Waals surface area (Å²) in [7, 11) is 0. The van der Waals surface area contributed by atoms with Crippen LogP contribution in [0.5, 0.6) is 0 Å². The van der Waals surface area contributed by atoms with Gasteiger partial charge in [0.2, 0.25) is 11.8 Å². The van der Waals surface area contributed by atoms with Crippen LogP contribution in [0, 0.1) is 34.5 Å². The summed E-state index contributed by atoms with van der Waals surface area (Å²) in [4.78, 5) is 24.9. The van der Waals surface area contributed by atoms with Gasteiger partial charge in [0.15, 0.2) is 0 Å². The molecule has 27 heavy (non-hydrogen) atoms. The predicted octanol–water partition coefficient (Wildman–Crippen LogP) is 3.81. The lowest BCUT2D eigenvalue weighted by atomic mass is 9.48. The highest BCUT2D eigenvalue weighted by Gasteiger charge is 2.60. The van der Waals surface area contributed by atoms with Gasteiger partial charge in [0, 0.05) is 22.9 Å². The van der Waals surface area contributed by atoms with Gasteiger partial charge in [-0.3, -0.25) is 9.59 Å². The average Bonchev–Trinajstić information content (AvgIpc) is 2.91. The molecule has 0 aromatic heterocycles. The van der Waals surface area contributed by atoms with E-state index < -0.39 is 0 Å². The van der Waals surface area contributed by atoms with Crippen LogP contribution in [0.25, 0.3) is 0 Å². The van der Waals surface area contributed by atoms with Crippen LogP contribution in [0.3, 0.4) is 0 Å². The molecule has 0 aromatic rings. The van der Waals surface area contributed by atoms with E-state index in [1.165, 1.54) is 19.3 Å². The Morgan fingerprint density at radius 3 is 2.56 bits per heavy atom. The molecule has 2 N–H and O–H groups in total. The van der Waals surface area contributed by atoms with E-state index >= 15 is 0 Å². The summed E-state index contributed by atoms with van der Waals surface area (Å²) in [6.07, 6.45) is 10.7. The second kappa shape index (κ2) is 6.09. The molecular weight excluding hydrogens is 336 g/mol. The number of hydrogen-bond acceptors (Lipinski definition) is 2. The summed E-state index contributed by atoms with van der Waals surface area (Å²) in [5.41, 5.74) is 0.0323. The van der Waals surface area contributed by atoms with Crippen molar-refractivity contribution in [2.24, 2.45) is 34.5 Å². The van der Waals surface area contributed by atoms with E-state index in [1.807, 2.05) is 0 Å². The van der Waals surface area contributed by atoms with Crippen molar-refractivity contribution in [1.82, 2.24) is 10.6 Å². The fourth-order valence-electron chi connectivity index (χ4n) is 7.22. The minimum absolute atomic E-state index is 0.0661. The summed E-state index contributed by atoms with van der Waals surface area (Å²) in [5, 5.41) is 6.48. The molecule has 4 nitrogen and oxygen atoms in total. The third-order valence-electron chi connectivity index (χ3n) is 8.50. The smallest absolute Gasteiger partial charge is 0.243 e. The third-order valence-corrected chi connectivity index (χ3v) is 8.50. The minimum Gasteiger partial charge on any atom is -0.351 e. The number of nitrogens with one attached hydrogen (secondary N) is 2. The topological polar surface area (TPSA) is 58.2 Å². The van der Waals surface area contributed by atoms with E-state index in [4.69, 9.17) is 0 Å². The molecule has 150 valence electrons. The van der Waals surface area contributed by atoms with Crippen LogP contribution in [-0.2, 0) is 9.59 Å². The van der Waals surface area contributed by atoms with Crippen molar-refractivity contribution >= 4 is 11.8 Å². The van der Waals surface area contributed by atoms with Crippen molar-refractivity contribution in [3.8, 4) is 0 Å². The average molecular weight is 373 g/mol. The Hall–Kier alpha value is -1.32. The number of carbonyl (C=O) groups is 2. The first-order valence-corrected chi connectivity index (χ1v) is 10.9. The van der Waals surface area contributed by atoms with Crippen LogP contribution in [-0.4, -0.2) is 23.4 Å². The van der Waals surface area contributed by atoms with Crippen molar-refractivity contribution in [1.29, 1.82) is 0 Å². The SMILES string of the molecule is CC(C)(C)NC(=O)[C@H]1CC[C@H]2[C@H]3CC[C@H]4NC(=O)C=C[C@]4(C)[C@H]3CC[C@@]12C. The van der Waals surface area contributed by atoms with Gasteiger partial charge in [0.05, 0.1) is 0 Å². The molecule has 1 aliphatic heterocycles. The maximum absolute atomic E-state index is 13.0. The molecule has 1 heterocycles. The fraction of sp³-hybridized carbons (Fsp3) is 0.826.